The molecule has 3 nitrogen and oxygen atoms in total. The van der Waals surface area contributed by atoms with Crippen molar-refractivity contribution in [3.05, 3.63) is 35.4 Å². The summed E-state index contributed by atoms with van der Waals surface area (Å²) < 4.78 is 5.46. The summed E-state index contributed by atoms with van der Waals surface area (Å²) in [5.74, 6) is 0.765. The Balaban J connectivity index is 1.50. The minimum atomic E-state index is -0.392. The van der Waals surface area contributed by atoms with Gasteiger partial charge in [-0.05, 0) is 44.2 Å². The summed E-state index contributed by atoms with van der Waals surface area (Å²) >= 11 is 0. The van der Waals surface area contributed by atoms with Gasteiger partial charge >= 0.3 is 0 Å². The highest BCUT2D eigenvalue weighted by Gasteiger charge is 2.21. The van der Waals surface area contributed by atoms with Gasteiger partial charge in [-0.2, -0.15) is 0 Å². The van der Waals surface area contributed by atoms with Gasteiger partial charge in [-0.3, -0.25) is 0 Å². The Hall–Kier alpha value is -0.900. The molecule has 1 unspecified atom stereocenters. The van der Waals surface area contributed by atoms with Crippen molar-refractivity contribution in [2.45, 2.75) is 32.3 Å². The molecule has 2 N–H and O–H groups in total. The summed E-state index contributed by atoms with van der Waals surface area (Å²) in [5, 5.41) is 13.0. The van der Waals surface area contributed by atoms with E-state index >= 15 is 0 Å². The van der Waals surface area contributed by atoms with Crippen molar-refractivity contribution in [2.75, 3.05) is 26.3 Å². The van der Waals surface area contributed by atoms with E-state index in [2.05, 4.69) is 36.5 Å². The van der Waals surface area contributed by atoms with Crippen LogP contribution in [-0.2, 0) is 11.2 Å². The molecule has 1 aliphatic rings. The van der Waals surface area contributed by atoms with Crippen LogP contribution in [0.2, 0.25) is 0 Å². The maximum absolute atomic E-state index is 9.74. The van der Waals surface area contributed by atoms with E-state index in [4.69, 9.17) is 4.74 Å². The molecule has 3 heteroatoms. The molecule has 1 saturated carbocycles. The summed E-state index contributed by atoms with van der Waals surface area (Å²) in [4.78, 5) is 0. The van der Waals surface area contributed by atoms with Crippen LogP contribution >= 0.6 is 0 Å². The number of rotatable bonds is 9. The first-order chi connectivity index (χ1) is 9.24. The average molecular weight is 263 g/mol. The van der Waals surface area contributed by atoms with Crippen molar-refractivity contribution in [3.8, 4) is 0 Å². The van der Waals surface area contributed by atoms with Gasteiger partial charge in [0.2, 0.25) is 0 Å². The lowest BCUT2D eigenvalue weighted by Gasteiger charge is -2.12. The highest BCUT2D eigenvalue weighted by atomic mass is 16.5. The lowest BCUT2D eigenvalue weighted by molar-refractivity contribution is 0.0327. The van der Waals surface area contributed by atoms with Crippen molar-refractivity contribution < 1.29 is 9.84 Å². The molecule has 2 rings (SSSR count). The van der Waals surface area contributed by atoms with Gasteiger partial charge in [0, 0.05) is 13.2 Å². The first kappa shape index (κ1) is 14.5. The van der Waals surface area contributed by atoms with Gasteiger partial charge in [-0.25, -0.2) is 0 Å². The molecule has 1 fully saturated rings. The topological polar surface area (TPSA) is 41.5 Å². The third kappa shape index (κ3) is 6.19. The fourth-order valence-corrected chi connectivity index (χ4v) is 2.08. The SMILES string of the molecule is Cc1cccc(CCNCC(O)COCC2CC2)c1. The van der Waals surface area contributed by atoms with Gasteiger partial charge in [0.25, 0.3) is 0 Å². The maximum Gasteiger partial charge on any atom is 0.0897 e. The van der Waals surface area contributed by atoms with E-state index in [1.807, 2.05) is 0 Å². The number of aliphatic hydroxyl groups excluding tert-OH is 1. The van der Waals surface area contributed by atoms with Gasteiger partial charge in [-0.15, -0.1) is 0 Å². The van der Waals surface area contributed by atoms with Crippen LogP contribution in [0.25, 0.3) is 0 Å². The predicted molar refractivity (Wildman–Crippen MR) is 77.3 cm³/mol. The Kier molecular flexibility index (Phi) is 5.83. The molecule has 0 radical (unpaired) electrons. The molecule has 0 heterocycles. The number of benzene rings is 1. The Morgan fingerprint density at radius 2 is 2.26 bits per heavy atom. The summed E-state index contributed by atoms with van der Waals surface area (Å²) in [5.41, 5.74) is 2.64. The van der Waals surface area contributed by atoms with Crippen LogP contribution < -0.4 is 5.32 Å². The second-order valence-electron chi connectivity index (χ2n) is 5.58. The second-order valence-corrected chi connectivity index (χ2v) is 5.58. The van der Waals surface area contributed by atoms with E-state index in [0.717, 1.165) is 25.5 Å². The van der Waals surface area contributed by atoms with E-state index in [1.165, 1.54) is 24.0 Å². The van der Waals surface area contributed by atoms with Crippen LogP contribution in [0.5, 0.6) is 0 Å². The molecule has 1 aromatic rings. The van der Waals surface area contributed by atoms with Crippen molar-refractivity contribution in [1.29, 1.82) is 0 Å². The summed E-state index contributed by atoms with van der Waals surface area (Å²) in [6, 6.07) is 8.55. The summed E-state index contributed by atoms with van der Waals surface area (Å²) in [6.45, 7) is 4.88. The van der Waals surface area contributed by atoms with E-state index in [9.17, 15) is 5.11 Å². The standard InChI is InChI=1S/C16H25NO2/c1-13-3-2-4-14(9-13)7-8-17-10-16(18)12-19-11-15-5-6-15/h2-4,9,15-18H,5-8,10-12H2,1H3. The monoisotopic (exact) mass is 263 g/mol. The lowest BCUT2D eigenvalue weighted by atomic mass is 10.1. The molecular formula is C16H25NO2. The van der Waals surface area contributed by atoms with Gasteiger partial charge in [0.05, 0.1) is 12.7 Å². The van der Waals surface area contributed by atoms with Gasteiger partial charge < -0.3 is 15.2 Å². The number of aryl methyl sites for hydroxylation is 1. The van der Waals surface area contributed by atoms with Crippen LogP contribution in [0, 0.1) is 12.8 Å². The Morgan fingerprint density at radius 3 is 3.00 bits per heavy atom. The van der Waals surface area contributed by atoms with Crippen LogP contribution in [0.15, 0.2) is 24.3 Å². The minimum Gasteiger partial charge on any atom is -0.389 e. The molecule has 1 atom stereocenters. The predicted octanol–water partition coefficient (Wildman–Crippen LogP) is 1.91. The Bertz CT molecular complexity index is 377. The first-order valence-electron chi connectivity index (χ1n) is 7.26. The van der Waals surface area contributed by atoms with Gasteiger partial charge in [0.1, 0.15) is 0 Å². The molecule has 1 aromatic carbocycles. The molecule has 0 spiro atoms. The highest BCUT2D eigenvalue weighted by molar-refractivity contribution is 5.22. The maximum atomic E-state index is 9.74. The lowest BCUT2D eigenvalue weighted by Crippen LogP contribution is -2.31. The van der Waals surface area contributed by atoms with Crippen LogP contribution in [0.3, 0.4) is 0 Å². The zero-order chi connectivity index (χ0) is 13.5. The number of hydrogen-bond donors (Lipinski definition) is 2. The zero-order valence-corrected chi connectivity index (χ0v) is 11.8. The van der Waals surface area contributed by atoms with E-state index in [1.54, 1.807) is 0 Å². The third-order valence-electron chi connectivity index (χ3n) is 3.41. The molecule has 0 amide bonds. The largest absolute Gasteiger partial charge is 0.389 e. The van der Waals surface area contributed by atoms with Crippen LogP contribution in [0.1, 0.15) is 24.0 Å². The van der Waals surface area contributed by atoms with Crippen molar-refractivity contribution >= 4 is 0 Å². The second kappa shape index (κ2) is 7.63. The van der Waals surface area contributed by atoms with Gasteiger partial charge in [0.15, 0.2) is 0 Å². The zero-order valence-electron chi connectivity index (χ0n) is 11.8. The Labute approximate surface area is 116 Å². The third-order valence-corrected chi connectivity index (χ3v) is 3.41. The van der Waals surface area contributed by atoms with E-state index in [0.29, 0.717) is 13.2 Å². The van der Waals surface area contributed by atoms with Crippen LogP contribution in [0.4, 0.5) is 0 Å². The number of ether oxygens (including phenoxy) is 1. The fraction of sp³-hybridized carbons (Fsp3) is 0.625. The Morgan fingerprint density at radius 1 is 1.42 bits per heavy atom. The number of nitrogens with one attached hydrogen (secondary N) is 1. The van der Waals surface area contributed by atoms with Crippen molar-refractivity contribution in [3.63, 3.8) is 0 Å². The van der Waals surface area contributed by atoms with E-state index < -0.39 is 6.10 Å². The molecule has 106 valence electrons. The molecule has 0 aliphatic heterocycles. The molecule has 19 heavy (non-hydrogen) atoms. The quantitative estimate of drug-likeness (QED) is 0.669. The van der Waals surface area contributed by atoms with Crippen LogP contribution in [-0.4, -0.2) is 37.5 Å². The molecule has 0 bridgehead atoms. The summed E-state index contributed by atoms with van der Waals surface area (Å²) in [7, 11) is 0. The van der Waals surface area contributed by atoms with Crippen molar-refractivity contribution in [2.24, 2.45) is 5.92 Å². The fourth-order valence-electron chi connectivity index (χ4n) is 2.08. The molecular weight excluding hydrogens is 238 g/mol. The van der Waals surface area contributed by atoms with Gasteiger partial charge in [-0.1, -0.05) is 29.8 Å². The van der Waals surface area contributed by atoms with Crippen molar-refractivity contribution in [1.82, 2.24) is 5.32 Å². The molecule has 1 aliphatic carbocycles. The summed E-state index contributed by atoms with van der Waals surface area (Å²) in [6.07, 6.45) is 3.20. The normalized spacial score (nSPS) is 16.5. The molecule has 0 saturated heterocycles. The van der Waals surface area contributed by atoms with E-state index in [-0.39, 0.29) is 0 Å². The number of hydrogen-bond acceptors (Lipinski definition) is 3. The average Bonchev–Trinajstić information content (AvgIpc) is 3.19. The smallest absolute Gasteiger partial charge is 0.0897 e. The number of aliphatic hydroxyl groups is 1. The molecule has 0 aromatic heterocycles. The first-order valence-corrected chi connectivity index (χ1v) is 7.26. The highest BCUT2D eigenvalue weighted by Crippen LogP contribution is 2.28. The minimum absolute atomic E-state index is 0.392.